The lowest BCUT2D eigenvalue weighted by molar-refractivity contribution is 0.881. The predicted molar refractivity (Wildman–Crippen MR) is 58.2 cm³/mol. The van der Waals surface area contributed by atoms with Gasteiger partial charge in [-0.05, 0) is 32.1 Å². The Hall–Kier alpha value is -3.04. The smallest absolute Gasteiger partial charge is 0.182 e. The molecule has 0 radical (unpaired) electrons. The molecule has 0 saturated heterocycles. The quantitative estimate of drug-likeness (QED) is 0.636. The Kier molecular flexibility index (Phi) is 2.30. The van der Waals surface area contributed by atoms with E-state index < -0.39 is 0 Å². The van der Waals surface area contributed by atoms with Gasteiger partial charge in [0.2, 0.25) is 0 Å². The van der Waals surface area contributed by atoms with E-state index in [2.05, 4.69) is 46.4 Å². The summed E-state index contributed by atoms with van der Waals surface area (Å²) in [4.78, 5) is 10.8. The van der Waals surface area contributed by atoms with Crippen LogP contribution in [0.4, 0.5) is 5.69 Å². The van der Waals surface area contributed by atoms with E-state index >= 15 is 0 Å². The Morgan fingerprint density at radius 1 is 1.00 bits per heavy atom. The molecule has 0 unspecified atom stereocenters. The fourth-order valence-corrected chi connectivity index (χ4v) is 1.60. The molecule has 10 nitrogen and oxygen atoms in total. The first kappa shape index (κ1) is 10.1. The van der Waals surface area contributed by atoms with E-state index in [1.54, 1.807) is 18.2 Å². The molecule has 0 saturated carbocycles. The van der Waals surface area contributed by atoms with Crippen LogP contribution in [0.5, 0.6) is 0 Å². The predicted octanol–water partition coefficient (Wildman–Crippen LogP) is 0.445. The van der Waals surface area contributed by atoms with Gasteiger partial charge in [-0.1, -0.05) is 12.1 Å². The van der Waals surface area contributed by atoms with Crippen molar-refractivity contribution in [3.05, 3.63) is 23.1 Å². The van der Waals surface area contributed by atoms with E-state index in [0.29, 0.717) is 22.8 Å². The molecular formula is C8H5N9O. The zero-order valence-corrected chi connectivity index (χ0v) is 8.77. The third kappa shape index (κ3) is 1.52. The molecule has 10 heteroatoms. The van der Waals surface area contributed by atoms with Gasteiger partial charge in [-0.3, -0.25) is 0 Å². The van der Waals surface area contributed by atoms with Crippen molar-refractivity contribution in [2.45, 2.75) is 0 Å². The van der Waals surface area contributed by atoms with Gasteiger partial charge >= 0.3 is 0 Å². The average Bonchev–Trinajstić information content (AvgIpc) is 3.10. The van der Waals surface area contributed by atoms with Crippen LogP contribution in [-0.2, 0) is 0 Å². The van der Waals surface area contributed by atoms with Crippen molar-refractivity contribution < 1.29 is 0 Å². The van der Waals surface area contributed by atoms with Gasteiger partial charge in [0.05, 0.1) is 5.56 Å². The van der Waals surface area contributed by atoms with E-state index in [1.165, 1.54) is 0 Å². The number of hydrogen-bond donors (Lipinski definition) is 2. The second kappa shape index (κ2) is 4.08. The number of H-pyrrole nitrogens is 2. The normalized spacial score (nSPS) is 10.4. The van der Waals surface area contributed by atoms with E-state index in [9.17, 15) is 4.91 Å². The van der Waals surface area contributed by atoms with Gasteiger partial charge < -0.3 is 0 Å². The number of nitroso groups, excluding NO2 is 1. The molecule has 2 heterocycles. The molecule has 88 valence electrons. The molecule has 0 amide bonds. The maximum absolute atomic E-state index is 10.8. The highest BCUT2D eigenvalue weighted by Gasteiger charge is 2.17. The molecule has 0 spiro atoms. The Balaban J connectivity index is 2.29. The summed E-state index contributed by atoms with van der Waals surface area (Å²) < 4.78 is 0. The number of tetrazole rings is 2. The summed E-state index contributed by atoms with van der Waals surface area (Å²) >= 11 is 0. The number of nitrogens with one attached hydrogen (secondary N) is 2. The van der Waals surface area contributed by atoms with Gasteiger partial charge in [-0.25, -0.2) is 10.2 Å². The largest absolute Gasteiger partial charge is 0.239 e. The average molecular weight is 243 g/mol. The summed E-state index contributed by atoms with van der Waals surface area (Å²) in [7, 11) is 0. The zero-order valence-electron chi connectivity index (χ0n) is 8.77. The minimum Gasteiger partial charge on any atom is -0.239 e. The highest BCUT2D eigenvalue weighted by molar-refractivity contribution is 5.85. The molecule has 18 heavy (non-hydrogen) atoms. The lowest BCUT2D eigenvalue weighted by atomic mass is 10.0. The van der Waals surface area contributed by atoms with Gasteiger partial charge in [0.15, 0.2) is 11.6 Å². The van der Waals surface area contributed by atoms with Gasteiger partial charge in [0.25, 0.3) is 0 Å². The van der Waals surface area contributed by atoms with Crippen molar-refractivity contribution in [3.8, 4) is 22.8 Å². The van der Waals surface area contributed by atoms with Crippen LogP contribution in [0.2, 0.25) is 0 Å². The molecule has 0 aliphatic carbocycles. The van der Waals surface area contributed by atoms with E-state index in [4.69, 9.17) is 0 Å². The fourth-order valence-electron chi connectivity index (χ4n) is 1.60. The van der Waals surface area contributed by atoms with Gasteiger partial charge in [-0.15, -0.1) is 15.1 Å². The molecule has 0 bridgehead atoms. The lowest BCUT2D eigenvalue weighted by Gasteiger charge is -2.04. The van der Waals surface area contributed by atoms with Gasteiger partial charge in [0.1, 0.15) is 5.69 Å². The van der Waals surface area contributed by atoms with E-state index in [-0.39, 0.29) is 5.69 Å². The maximum atomic E-state index is 10.8. The molecule has 3 aromatic rings. The topological polar surface area (TPSA) is 138 Å². The Bertz CT molecular complexity index is 660. The number of rotatable bonds is 3. The summed E-state index contributed by atoms with van der Waals surface area (Å²) in [6.07, 6.45) is 0. The minimum absolute atomic E-state index is 0.197. The highest BCUT2D eigenvalue weighted by Crippen LogP contribution is 2.35. The van der Waals surface area contributed by atoms with Crippen LogP contribution in [0, 0.1) is 4.91 Å². The number of aromatic nitrogens is 8. The van der Waals surface area contributed by atoms with Crippen LogP contribution >= 0.6 is 0 Å². The van der Waals surface area contributed by atoms with Crippen molar-refractivity contribution in [3.63, 3.8) is 0 Å². The van der Waals surface area contributed by atoms with Crippen LogP contribution in [0.3, 0.4) is 0 Å². The van der Waals surface area contributed by atoms with Crippen LogP contribution in [0.25, 0.3) is 22.8 Å². The van der Waals surface area contributed by atoms with Crippen LogP contribution in [0.15, 0.2) is 23.4 Å². The van der Waals surface area contributed by atoms with Crippen molar-refractivity contribution >= 4 is 5.69 Å². The molecule has 0 atom stereocenters. The molecule has 1 aromatic carbocycles. The number of benzene rings is 1. The Labute approximate surface area is 98.8 Å². The van der Waals surface area contributed by atoms with Crippen LogP contribution < -0.4 is 0 Å². The standard InChI is InChI=1S/C8H5N9O/c18-13-5-3-1-2-4(7-9-14-15-10-7)6(5)8-11-16-17-12-8/h1-3H,(H,9,10,14,15)(H,11,12,16,17). The first-order valence-corrected chi connectivity index (χ1v) is 4.84. The number of aromatic amines is 2. The molecular weight excluding hydrogens is 238 g/mol. The Morgan fingerprint density at radius 3 is 2.33 bits per heavy atom. The second-order valence-electron chi connectivity index (χ2n) is 3.29. The number of nitrogens with zero attached hydrogens (tertiary/aromatic N) is 7. The SMILES string of the molecule is O=Nc1cccc(-c2nnn[nH]2)c1-c1nnn[nH]1. The third-order valence-corrected chi connectivity index (χ3v) is 2.32. The van der Waals surface area contributed by atoms with E-state index in [0.717, 1.165) is 0 Å². The minimum atomic E-state index is 0.197. The van der Waals surface area contributed by atoms with Crippen molar-refractivity contribution in [2.24, 2.45) is 5.18 Å². The Morgan fingerprint density at radius 2 is 1.72 bits per heavy atom. The molecule has 3 rings (SSSR count). The molecule has 2 N–H and O–H groups in total. The first-order valence-electron chi connectivity index (χ1n) is 4.84. The van der Waals surface area contributed by atoms with E-state index in [1.807, 2.05) is 0 Å². The summed E-state index contributed by atoms with van der Waals surface area (Å²) in [5.41, 5.74) is 1.22. The van der Waals surface area contributed by atoms with Crippen molar-refractivity contribution in [1.82, 2.24) is 41.2 Å². The lowest BCUT2D eigenvalue weighted by Crippen LogP contribution is -1.90. The second-order valence-corrected chi connectivity index (χ2v) is 3.29. The molecule has 0 aliphatic rings. The maximum Gasteiger partial charge on any atom is 0.182 e. The summed E-state index contributed by atoms with van der Waals surface area (Å²) in [6, 6.07) is 4.95. The zero-order chi connectivity index (χ0) is 12.4. The summed E-state index contributed by atoms with van der Waals surface area (Å²) in [6.45, 7) is 0. The molecule has 0 fully saturated rings. The monoisotopic (exact) mass is 243 g/mol. The molecule has 0 aliphatic heterocycles. The highest BCUT2D eigenvalue weighted by atomic mass is 16.3. The first-order chi connectivity index (χ1) is 8.90. The van der Waals surface area contributed by atoms with Crippen LogP contribution in [-0.4, -0.2) is 41.2 Å². The third-order valence-electron chi connectivity index (χ3n) is 2.32. The van der Waals surface area contributed by atoms with Crippen molar-refractivity contribution in [1.29, 1.82) is 0 Å². The fraction of sp³-hybridized carbons (Fsp3) is 0. The summed E-state index contributed by atoms with van der Waals surface area (Å²) in [5, 5.41) is 29.6. The summed E-state index contributed by atoms with van der Waals surface area (Å²) in [5.74, 6) is 0.712. The number of hydrogen-bond acceptors (Lipinski definition) is 8. The molecule has 2 aromatic heterocycles. The van der Waals surface area contributed by atoms with Gasteiger partial charge in [0, 0.05) is 5.56 Å². The van der Waals surface area contributed by atoms with Crippen LogP contribution in [0.1, 0.15) is 0 Å². The van der Waals surface area contributed by atoms with Crippen molar-refractivity contribution in [2.75, 3.05) is 0 Å². The van der Waals surface area contributed by atoms with Gasteiger partial charge in [-0.2, -0.15) is 0 Å².